The zero-order chi connectivity index (χ0) is 10.7. The summed E-state index contributed by atoms with van der Waals surface area (Å²) in [5, 5.41) is 0. The predicted molar refractivity (Wildman–Crippen MR) is 64.8 cm³/mol. The number of nitrogens with zero attached hydrogens (tertiary/aromatic N) is 1. The Labute approximate surface area is 94.2 Å². The van der Waals surface area contributed by atoms with E-state index in [0.717, 1.165) is 24.4 Å². The van der Waals surface area contributed by atoms with Crippen molar-refractivity contribution in [3.63, 3.8) is 0 Å². The van der Waals surface area contributed by atoms with Crippen LogP contribution in [0.3, 0.4) is 0 Å². The van der Waals surface area contributed by atoms with Crippen molar-refractivity contribution in [2.24, 2.45) is 17.6 Å². The van der Waals surface area contributed by atoms with Crippen LogP contribution < -0.4 is 5.73 Å². The number of hydrogen-bond acceptors (Lipinski definition) is 2. The van der Waals surface area contributed by atoms with Crippen molar-refractivity contribution in [1.29, 1.82) is 0 Å². The van der Waals surface area contributed by atoms with Gasteiger partial charge in [-0.25, -0.2) is 0 Å². The molecule has 1 saturated carbocycles. The summed E-state index contributed by atoms with van der Waals surface area (Å²) in [5.74, 6) is 1.82. The lowest BCUT2D eigenvalue weighted by atomic mass is 9.92. The third-order valence-corrected chi connectivity index (χ3v) is 4.41. The summed E-state index contributed by atoms with van der Waals surface area (Å²) in [6.07, 6.45) is 8.38. The van der Waals surface area contributed by atoms with E-state index in [9.17, 15) is 0 Å². The van der Waals surface area contributed by atoms with Gasteiger partial charge < -0.3 is 5.73 Å². The maximum atomic E-state index is 5.67. The normalized spacial score (nSPS) is 38.4. The Hall–Kier alpha value is -0.0800. The maximum absolute atomic E-state index is 5.67. The number of likely N-dealkylation sites (tertiary alicyclic amines) is 1. The van der Waals surface area contributed by atoms with Gasteiger partial charge in [-0.1, -0.05) is 13.3 Å². The number of hydrogen-bond donors (Lipinski definition) is 1. The fourth-order valence-corrected chi connectivity index (χ4v) is 3.54. The zero-order valence-corrected chi connectivity index (χ0v) is 10.1. The van der Waals surface area contributed by atoms with Gasteiger partial charge in [-0.2, -0.15) is 0 Å². The Bertz CT molecular complexity index is 191. The largest absolute Gasteiger partial charge is 0.330 e. The molecule has 2 aliphatic rings. The van der Waals surface area contributed by atoms with Crippen molar-refractivity contribution in [2.75, 3.05) is 19.6 Å². The van der Waals surface area contributed by atoms with Crippen LogP contribution in [-0.4, -0.2) is 30.6 Å². The van der Waals surface area contributed by atoms with Crippen LogP contribution in [0.1, 0.15) is 45.4 Å². The molecule has 2 heteroatoms. The minimum atomic E-state index is 0.874. The Balaban J connectivity index is 1.86. The van der Waals surface area contributed by atoms with Crippen molar-refractivity contribution in [1.82, 2.24) is 4.90 Å². The third-order valence-electron chi connectivity index (χ3n) is 4.41. The molecule has 1 aliphatic carbocycles. The van der Waals surface area contributed by atoms with Gasteiger partial charge in [0.1, 0.15) is 0 Å². The fourth-order valence-electron chi connectivity index (χ4n) is 3.54. The molecule has 0 aromatic rings. The number of rotatable bonds is 3. The van der Waals surface area contributed by atoms with Gasteiger partial charge in [0.25, 0.3) is 0 Å². The van der Waals surface area contributed by atoms with Crippen LogP contribution in [0.25, 0.3) is 0 Å². The van der Waals surface area contributed by atoms with Crippen LogP contribution in [0.15, 0.2) is 0 Å². The van der Waals surface area contributed by atoms with E-state index < -0.39 is 0 Å². The monoisotopic (exact) mass is 210 g/mol. The molecule has 1 heterocycles. The molecular weight excluding hydrogens is 184 g/mol. The second kappa shape index (κ2) is 5.31. The molecule has 2 fully saturated rings. The van der Waals surface area contributed by atoms with Crippen molar-refractivity contribution >= 4 is 0 Å². The molecule has 2 rings (SSSR count). The van der Waals surface area contributed by atoms with Crippen molar-refractivity contribution in [3.8, 4) is 0 Å². The van der Waals surface area contributed by atoms with E-state index in [4.69, 9.17) is 5.73 Å². The van der Waals surface area contributed by atoms with Crippen LogP contribution in [-0.2, 0) is 0 Å². The quantitative estimate of drug-likeness (QED) is 0.774. The van der Waals surface area contributed by atoms with E-state index in [1.54, 1.807) is 0 Å². The highest BCUT2D eigenvalue weighted by Crippen LogP contribution is 2.32. The molecule has 2 nitrogen and oxygen atoms in total. The Morgan fingerprint density at radius 2 is 2.07 bits per heavy atom. The SMILES string of the molecule is CC1CCCC1N1CCCC(CCN)C1. The first-order valence-corrected chi connectivity index (χ1v) is 6.75. The third kappa shape index (κ3) is 2.73. The predicted octanol–water partition coefficient (Wildman–Crippen LogP) is 2.24. The second-order valence-electron chi connectivity index (χ2n) is 5.56. The van der Waals surface area contributed by atoms with Crippen molar-refractivity contribution in [2.45, 2.75) is 51.5 Å². The van der Waals surface area contributed by atoms with Gasteiger partial charge in [0.05, 0.1) is 0 Å². The molecule has 0 bridgehead atoms. The number of nitrogens with two attached hydrogens (primary N) is 1. The highest BCUT2D eigenvalue weighted by Gasteiger charge is 2.31. The molecule has 3 atom stereocenters. The van der Waals surface area contributed by atoms with E-state index >= 15 is 0 Å². The lowest BCUT2D eigenvalue weighted by Crippen LogP contribution is -2.44. The number of piperidine rings is 1. The summed E-state index contributed by atoms with van der Waals surface area (Å²) in [4.78, 5) is 2.77. The summed E-state index contributed by atoms with van der Waals surface area (Å²) in [6.45, 7) is 5.98. The lowest BCUT2D eigenvalue weighted by Gasteiger charge is -2.38. The molecule has 0 spiro atoms. The summed E-state index contributed by atoms with van der Waals surface area (Å²) >= 11 is 0. The molecule has 88 valence electrons. The topological polar surface area (TPSA) is 29.3 Å². The van der Waals surface area contributed by atoms with Crippen LogP contribution in [0.5, 0.6) is 0 Å². The van der Waals surface area contributed by atoms with Crippen molar-refractivity contribution < 1.29 is 0 Å². The Kier molecular flexibility index (Phi) is 4.04. The first-order chi connectivity index (χ1) is 7.31. The van der Waals surface area contributed by atoms with E-state index in [1.807, 2.05) is 0 Å². The van der Waals surface area contributed by atoms with Gasteiger partial charge in [0.2, 0.25) is 0 Å². The van der Waals surface area contributed by atoms with Crippen LogP contribution in [0.4, 0.5) is 0 Å². The second-order valence-corrected chi connectivity index (χ2v) is 5.56. The first kappa shape index (κ1) is 11.4. The molecular formula is C13H26N2. The highest BCUT2D eigenvalue weighted by molar-refractivity contribution is 4.86. The van der Waals surface area contributed by atoms with Gasteiger partial charge >= 0.3 is 0 Å². The average Bonchev–Trinajstić information content (AvgIpc) is 2.65. The van der Waals surface area contributed by atoms with Gasteiger partial charge in [-0.05, 0) is 57.0 Å². The van der Waals surface area contributed by atoms with Crippen LogP contribution in [0.2, 0.25) is 0 Å². The molecule has 0 radical (unpaired) electrons. The molecule has 0 aromatic carbocycles. The summed E-state index contributed by atoms with van der Waals surface area (Å²) < 4.78 is 0. The Morgan fingerprint density at radius 3 is 2.73 bits per heavy atom. The van der Waals surface area contributed by atoms with E-state index in [0.29, 0.717) is 0 Å². The molecule has 1 saturated heterocycles. The smallest absolute Gasteiger partial charge is 0.0121 e. The lowest BCUT2D eigenvalue weighted by molar-refractivity contribution is 0.101. The van der Waals surface area contributed by atoms with Gasteiger partial charge in [-0.3, -0.25) is 4.90 Å². The average molecular weight is 210 g/mol. The highest BCUT2D eigenvalue weighted by atomic mass is 15.2. The molecule has 2 N–H and O–H groups in total. The van der Waals surface area contributed by atoms with Crippen LogP contribution >= 0.6 is 0 Å². The molecule has 0 amide bonds. The summed E-state index contributed by atoms with van der Waals surface area (Å²) in [7, 11) is 0. The molecule has 1 aliphatic heterocycles. The van der Waals surface area contributed by atoms with E-state index in [2.05, 4.69) is 11.8 Å². The van der Waals surface area contributed by atoms with Gasteiger partial charge in [0.15, 0.2) is 0 Å². The standard InChI is InChI=1S/C13H26N2/c1-11-4-2-6-13(11)15-9-3-5-12(10-15)7-8-14/h11-13H,2-10,14H2,1H3. The Morgan fingerprint density at radius 1 is 1.20 bits per heavy atom. The minimum absolute atomic E-state index is 0.874. The first-order valence-electron chi connectivity index (χ1n) is 6.75. The zero-order valence-electron chi connectivity index (χ0n) is 10.1. The summed E-state index contributed by atoms with van der Waals surface area (Å²) in [6, 6.07) is 0.894. The van der Waals surface area contributed by atoms with Gasteiger partial charge in [-0.15, -0.1) is 0 Å². The molecule has 0 aromatic heterocycles. The van der Waals surface area contributed by atoms with Crippen molar-refractivity contribution in [3.05, 3.63) is 0 Å². The summed E-state index contributed by atoms with van der Waals surface area (Å²) in [5.41, 5.74) is 5.67. The van der Waals surface area contributed by atoms with E-state index in [1.165, 1.54) is 51.6 Å². The minimum Gasteiger partial charge on any atom is -0.330 e. The fraction of sp³-hybridized carbons (Fsp3) is 1.00. The van der Waals surface area contributed by atoms with E-state index in [-0.39, 0.29) is 0 Å². The molecule has 3 unspecified atom stereocenters. The van der Waals surface area contributed by atoms with Gasteiger partial charge in [0, 0.05) is 12.6 Å². The van der Waals surface area contributed by atoms with Crippen LogP contribution in [0, 0.1) is 11.8 Å². The maximum Gasteiger partial charge on any atom is 0.0121 e. The molecule has 15 heavy (non-hydrogen) atoms.